The van der Waals surface area contributed by atoms with Crippen molar-refractivity contribution < 1.29 is 4.79 Å². The molecule has 1 amide bonds. The third kappa shape index (κ3) is 3.56. The third-order valence-corrected chi connectivity index (χ3v) is 4.43. The lowest BCUT2D eigenvalue weighted by Gasteiger charge is -2.11. The fourth-order valence-electron chi connectivity index (χ4n) is 1.09. The molecule has 1 heterocycles. The van der Waals surface area contributed by atoms with Crippen LogP contribution in [0.1, 0.15) is 39.3 Å². The van der Waals surface area contributed by atoms with Crippen LogP contribution in [0.2, 0.25) is 0 Å². The Bertz CT molecular complexity index is 363. The van der Waals surface area contributed by atoms with Crippen molar-refractivity contribution in [2.24, 2.45) is 5.92 Å². The van der Waals surface area contributed by atoms with Crippen LogP contribution >= 0.6 is 27.3 Å². The molecule has 1 aromatic heterocycles. The number of carbonyl (C=O) groups excluding carboxylic acids is 1. The van der Waals surface area contributed by atoms with E-state index < -0.39 is 0 Å². The van der Waals surface area contributed by atoms with Crippen LogP contribution in [0.5, 0.6) is 0 Å². The Kier molecular flexibility index (Phi) is 4.92. The fraction of sp³-hybridized carbons (Fsp3) is 0.636. The Morgan fingerprint density at radius 1 is 1.44 bits per heavy atom. The third-order valence-electron chi connectivity index (χ3n) is 2.18. The highest BCUT2D eigenvalue weighted by molar-refractivity contribution is 9.10. The number of carbonyl (C=O) groups is 1. The molecule has 0 aromatic carbocycles. The number of alkyl halides is 1. The maximum absolute atomic E-state index is 11.7. The predicted molar refractivity (Wildman–Crippen MR) is 72.4 cm³/mol. The summed E-state index contributed by atoms with van der Waals surface area (Å²) in [4.78, 5) is 15.9. The van der Waals surface area contributed by atoms with Crippen LogP contribution in [0.3, 0.4) is 0 Å². The first-order valence-corrected chi connectivity index (χ1v) is 7.11. The SMILES string of the molecule is CC(C)c1csc(NC(=O)C(Br)C(C)C)n1. The normalized spacial score (nSPS) is 13.2. The van der Waals surface area contributed by atoms with Crippen LogP contribution in [0.25, 0.3) is 0 Å². The van der Waals surface area contributed by atoms with Crippen LogP contribution in [-0.4, -0.2) is 15.7 Å². The zero-order valence-corrected chi connectivity index (χ0v) is 12.4. The lowest BCUT2D eigenvalue weighted by molar-refractivity contribution is -0.116. The average molecular weight is 305 g/mol. The van der Waals surface area contributed by atoms with Crippen LogP contribution in [0.15, 0.2) is 5.38 Å². The highest BCUT2D eigenvalue weighted by Gasteiger charge is 2.19. The standard InChI is InChI=1S/C11H17BrN2OS/c1-6(2)8-5-16-11(13-8)14-10(15)9(12)7(3)4/h5-7,9H,1-4H3,(H,13,14,15). The van der Waals surface area contributed by atoms with Gasteiger partial charge in [0, 0.05) is 5.38 Å². The zero-order chi connectivity index (χ0) is 12.3. The molecule has 0 spiro atoms. The van der Waals surface area contributed by atoms with Crippen molar-refractivity contribution in [2.75, 3.05) is 5.32 Å². The Morgan fingerprint density at radius 2 is 2.06 bits per heavy atom. The second-order valence-electron chi connectivity index (χ2n) is 4.37. The van der Waals surface area contributed by atoms with E-state index in [1.54, 1.807) is 0 Å². The molecular formula is C11H17BrN2OS. The van der Waals surface area contributed by atoms with Gasteiger partial charge in [0.05, 0.1) is 10.5 Å². The van der Waals surface area contributed by atoms with Crippen LogP contribution < -0.4 is 5.32 Å². The summed E-state index contributed by atoms with van der Waals surface area (Å²) in [6.45, 7) is 8.17. The van der Waals surface area contributed by atoms with Crippen LogP contribution in [0.4, 0.5) is 5.13 Å². The summed E-state index contributed by atoms with van der Waals surface area (Å²) in [5, 5.41) is 5.48. The molecule has 0 fully saturated rings. The van der Waals surface area contributed by atoms with Crippen molar-refractivity contribution in [3.8, 4) is 0 Å². The van der Waals surface area contributed by atoms with E-state index in [-0.39, 0.29) is 16.7 Å². The van der Waals surface area contributed by atoms with Crippen molar-refractivity contribution in [3.05, 3.63) is 11.1 Å². The van der Waals surface area contributed by atoms with Crippen LogP contribution in [0, 0.1) is 5.92 Å². The van der Waals surface area contributed by atoms with E-state index in [1.165, 1.54) is 11.3 Å². The number of aromatic nitrogens is 1. The van der Waals surface area contributed by atoms with Crippen molar-refractivity contribution in [1.82, 2.24) is 4.98 Å². The Hall–Kier alpha value is -0.420. The summed E-state index contributed by atoms with van der Waals surface area (Å²) in [5.41, 5.74) is 1.02. The highest BCUT2D eigenvalue weighted by Crippen LogP contribution is 2.22. The highest BCUT2D eigenvalue weighted by atomic mass is 79.9. The fourth-order valence-corrected chi connectivity index (χ4v) is 2.08. The summed E-state index contributed by atoms with van der Waals surface area (Å²) in [7, 11) is 0. The lowest BCUT2D eigenvalue weighted by atomic mass is 10.1. The minimum atomic E-state index is -0.168. The molecule has 0 saturated carbocycles. The molecule has 16 heavy (non-hydrogen) atoms. The summed E-state index contributed by atoms with van der Waals surface area (Å²) in [5.74, 6) is 0.635. The van der Waals surface area contributed by atoms with E-state index in [4.69, 9.17) is 0 Å². The van der Waals surface area contributed by atoms with Gasteiger partial charge < -0.3 is 5.32 Å². The number of hydrogen-bond acceptors (Lipinski definition) is 3. The van der Waals surface area contributed by atoms with Crippen molar-refractivity contribution in [2.45, 2.75) is 38.4 Å². The smallest absolute Gasteiger partial charge is 0.240 e. The number of nitrogens with zero attached hydrogens (tertiary/aromatic N) is 1. The molecule has 1 aromatic rings. The zero-order valence-electron chi connectivity index (χ0n) is 9.95. The summed E-state index contributed by atoms with van der Waals surface area (Å²) in [6, 6.07) is 0. The quantitative estimate of drug-likeness (QED) is 0.863. The molecule has 3 nitrogen and oxygen atoms in total. The van der Waals surface area contributed by atoms with E-state index in [1.807, 2.05) is 19.2 Å². The first-order chi connectivity index (χ1) is 7.41. The van der Waals surface area contributed by atoms with E-state index in [0.717, 1.165) is 5.69 Å². The van der Waals surface area contributed by atoms with Gasteiger partial charge in [-0.15, -0.1) is 11.3 Å². The van der Waals surface area contributed by atoms with Gasteiger partial charge in [-0.1, -0.05) is 43.6 Å². The Morgan fingerprint density at radius 3 is 2.50 bits per heavy atom. The number of halogens is 1. The first kappa shape index (κ1) is 13.6. The number of thiazole rings is 1. The van der Waals surface area contributed by atoms with Gasteiger partial charge in [0.25, 0.3) is 0 Å². The van der Waals surface area contributed by atoms with E-state index >= 15 is 0 Å². The maximum Gasteiger partial charge on any atom is 0.240 e. The van der Waals surface area contributed by atoms with E-state index in [2.05, 4.69) is 40.1 Å². The summed E-state index contributed by atoms with van der Waals surface area (Å²) >= 11 is 4.84. The van der Waals surface area contributed by atoms with Gasteiger partial charge >= 0.3 is 0 Å². The topological polar surface area (TPSA) is 42.0 Å². The average Bonchev–Trinajstić information content (AvgIpc) is 2.64. The first-order valence-electron chi connectivity index (χ1n) is 5.32. The lowest BCUT2D eigenvalue weighted by Crippen LogP contribution is -2.26. The molecule has 1 atom stereocenters. The molecule has 0 saturated heterocycles. The van der Waals surface area contributed by atoms with Crippen LogP contribution in [-0.2, 0) is 4.79 Å². The van der Waals surface area contributed by atoms with Crippen molar-refractivity contribution >= 4 is 38.3 Å². The number of amides is 1. The van der Waals surface area contributed by atoms with Gasteiger partial charge in [0.2, 0.25) is 5.91 Å². The predicted octanol–water partition coefficient (Wildman–Crippen LogP) is 3.62. The van der Waals surface area contributed by atoms with Gasteiger partial charge in [-0.2, -0.15) is 0 Å². The van der Waals surface area contributed by atoms with Gasteiger partial charge in [0.1, 0.15) is 0 Å². The van der Waals surface area contributed by atoms with Gasteiger partial charge in [-0.05, 0) is 11.8 Å². The van der Waals surface area contributed by atoms with Gasteiger partial charge in [-0.3, -0.25) is 4.79 Å². The van der Waals surface area contributed by atoms with Crippen molar-refractivity contribution in [1.29, 1.82) is 0 Å². The van der Waals surface area contributed by atoms with Crippen molar-refractivity contribution in [3.63, 3.8) is 0 Å². The molecule has 0 aliphatic carbocycles. The van der Waals surface area contributed by atoms with E-state index in [0.29, 0.717) is 11.0 Å². The molecule has 0 aliphatic heterocycles. The maximum atomic E-state index is 11.7. The minimum Gasteiger partial charge on any atom is -0.301 e. The second-order valence-corrected chi connectivity index (χ2v) is 6.21. The monoisotopic (exact) mass is 304 g/mol. The number of nitrogens with one attached hydrogen (secondary N) is 1. The molecule has 1 N–H and O–H groups in total. The van der Waals surface area contributed by atoms with Gasteiger partial charge in [0.15, 0.2) is 5.13 Å². The molecule has 90 valence electrons. The minimum absolute atomic E-state index is 0.0281. The summed E-state index contributed by atoms with van der Waals surface area (Å²) < 4.78 is 0. The molecule has 1 unspecified atom stereocenters. The Balaban J connectivity index is 2.63. The summed E-state index contributed by atoms with van der Waals surface area (Å²) in [6.07, 6.45) is 0. The molecular weight excluding hydrogens is 288 g/mol. The molecule has 1 rings (SSSR count). The Labute approximate surface area is 109 Å². The molecule has 0 bridgehead atoms. The number of rotatable bonds is 4. The van der Waals surface area contributed by atoms with E-state index in [9.17, 15) is 4.79 Å². The largest absolute Gasteiger partial charge is 0.301 e. The molecule has 0 aliphatic rings. The second kappa shape index (κ2) is 5.77. The van der Waals surface area contributed by atoms with Gasteiger partial charge in [-0.25, -0.2) is 4.98 Å². The molecule has 5 heteroatoms. The number of hydrogen-bond donors (Lipinski definition) is 1. The number of anilines is 1. The molecule has 0 radical (unpaired) electrons.